The summed E-state index contributed by atoms with van der Waals surface area (Å²) < 4.78 is 11.2. The van der Waals surface area contributed by atoms with E-state index in [4.69, 9.17) is 9.47 Å². The summed E-state index contributed by atoms with van der Waals surface area (Å²) in [5.74, 6) is 0.819. The first-order chi connectivity index (χ1) is 8.17. The molecule has 0 heterocycles. The molecule has 1 N–H and O–H groups in total. The van der Waals surface area contributed by atoms with Crippen LogP contribution in [0.4, 0.5) is 0 Å². The maximum atomic E-state index is 9.91. The van der Waals surface area contributed by atoms with Crippen LogP contribution in [0.2, 0.25) is 0 Å². The summed E-state index contributed by atoms with van der Waals surface area (Å²) in [4.78, 5) is 0. The van der Waals surface area contributed by atoms with Crippen molar-refractivity contribution in [1.82, 2.24) is 0 Å². The normalized spacial score (nSPS) is 12.5. The number of hydrogen-bond donors (Lipinski definition) is 1. The van der Waals surface area contributed by atoms with Crippen LogP contribution in [0, 0.1) is 0 Å². The molecule has 0 amide bonds. The molecule has 96 valence electrons. The van der Waals surface area contributed by atoms with Crippen molar-refractivity contribution in [1.29, 1.82) is 0 Å². The van der Waals surface area contributed by atoms with Gasteiger partial charge in [-0.25, -0.2) is 0 Å². The highest BCUT2D eigenvalue weighted by molar-refractivity contribution is 9.10. The second-order valence-corrected chi connectivity index (χ2v) is 4.86. The first-order valence-corrected chi connectivity index (χ1v) is 6.46. The van der Waals surface area contributed by atoms with E-state index in [1.54, 1.807) is 14.2 Å². The molecule has 4 heteroatoms. The maximum Gasteiger partial charge on any atom is 0.122 e. The summed E-state index contributed by atoms with van der Waals surface area (Å²) in [5.41, 5.74) is 1.02. The van der Waals surface area contributed by atoms with E-state index in [1.165, 1.54) is 0 Å². The summed E-state index contributed by atoms with van der Waals surface area (Å²) in [5, 5.41) is 9.91. The fraction of sp³-hybridized carbons (Fsp3) is 0.538. The summed E-state index contributed by atoms with van der Waals surface area (Å²) in [7, 11) is 3.31. The molecule has 3 nitrogen and oxygen atoms in total. The van der Waals surface area contributed by atoms with Crippen LogP contribution in [0.25, 0.3) is 0 Å². The third-order valence-electron chi connectivity index (χ3n) is 2.58. The largest absolute Gasteiger partial charge is 0.496 e. The van der Waals surface area contributed by atoms with E-state index in [0.717, 1.165) is 28.6 Å². The Morgan fingerprint density at radius 2 is 2.12 bits per heavy atom. The van der Waals surface area contributed by atoms with Gasteiger partial charge in [0.15, 0.2) is 0 Å². The monoisotopic (exact) mass is 302 g/mol. The van der Waals surface area contributed by atoms with Crippen LogP contribution in [0.3, 0.4) is 0 Å². The van der Waals surface area contributed by atoms with Crippen molar-refractivity contribution >= 4 is 15.9 Å². The van der Waals surface area contributed by atoms with Crippen LogP contribution in [-0.4, -0.2) is 32.0 Å². The lowest BCUT2D eigenvalue weighted by atomic mass is 10.0. The Bertz CT molecular complexity index is 341. The molecule has 1 aromatic carbocycles. The van der Waals surface area contributed by atoms with Crippen molar-refractivity contribution < 1.29 is 14.6 Å². The van der Waals surface area contributed by atoms with Crippen molar-refractivity contribution in [3.8, 4) is 5.75 Å². The van der Waals surface area contributed by atoms with Crippen molar-refractivity contribution in [2.75, 3.05) is 20.8 Å². The van der Waals surface area contributed by atoms with E-state index in [1.807, 2.05) is 18.2 Å². The lowest BCUT2D eigenvalue weighted by Gasteiger charge is -2.13. The van der Waals surface area contributed by atoms with Crippen molar-refractivity contribution in [2.45, 2.75) is 25.4 Å². The molecule has 0 aliphatic rings. The summed E-state index contributed by atoms with van der Waals surface area (Å²) in [6.07, 6.45) is 1.86. The van der Waals surface area contributed by atoms with Crippen molar-refractivity contribution in [3.05, 3.63) is 28.2 Å². The van der Waals surface area contributed by atoms with Crippen LogP contribution in [0.15, 0.2) is 22.7 Å². The number of aliphatic hydroxyl groups excluding tert-OH is 1. The minimum Gasteiger partial charge on any atom is -0.496 e. The Morgan fingerprint density at radius 1 is 1.35 bits per heavy atom. The molecular formula is C13H19BrO3. The minimum absolute atomic E-state index is 0.353. The number of halogens is 1. The number of aliphatic hydroxyl groups is 1. The molecule has 0 radical (unpaired) electrons. The standard InChI is InChI=1S/C13H19BrO3/c1-16-7-3-4-12(15)9-10-8-11(14)5-6-13(10)17-2/h5-6,8,12,15H,3-4,7,9H2,1-2H3. The topological polar surface area (TPSA) is 38.7 Å². The second-order valence-electron chi connectivity index (χ2n) is 3.95. The zero-order chi connectivity index (χ0) is 12.7. The van der Waals surface area contributed by atoms with Crippen LogP contribution in [0.1, 0.15) is 18.4 Å². The maximum absolute atomic E-state index is 9.91. The molecule has 0 saturated carbocycles. The lowest BCUT2D eigenvalue weighted by molar-refractivity contribution is 0.134. The van der Waals surface area contributed by atoms with E-state index in [-0.39, 0.29) is 6.10 Å². The molecule has 1 unspecified atom stereocenters. The van der Waals surface area contributed by atoms with Gasteiger partial charge in [-0.3, -0.25) is 0 Å². The summed E-state index contributed by atoms with van der Waals surface area (Å²) in [6, 6.07) is 5.82. The molecular weight excluding hydrogens is 284 g/mol. The van der Waals surface area contributed by atoms with Crippen molar-refractivity contribution in [3.63, 3.8) is 0 Å². The smallest absolute Gasteiger partial charge is 0.122 e. The van der Waals surface area contributed by atoms with Gasteiger partial charge in [-0.05, 0) is 36.6 Å². The molecule has 0 bridgehead atoms. The van der Waals surface area contributed by atoms with E-state index >= 15 is 0 Å². The molecule has 0 aromatic heterocycles. The molecule has 17 heavy (non-hydrogen) atoms. The summed E-state index contributed by atoms with van der Waals surface area (Å²) in [6.45, 7) is 0.687. The molecule has 0 fully saturated rings. The first-order valence-electron chi connectivity index (χ1n) is 5.66. The molecule has 0 saturated heterocycles. The summed E-state index contributed by atoms with van der Waals surface area (Å²) >= 11 is 3.42. The predicted octanol–water partition coefficient (Wildman–Crippen LogP) is 2.79. The Balaban J connectivity index is 2.57. The highest BCUT2D eigenvalue weighted by atomic mass is 79.9. The molecule has 0 aliphatic carbocycles. The van der Waals surface area contributed by atoms with Crippen LogP contribution >= 0.6 is 15.9 Å². The number of ether oxygens (including phenoxy) is 2. The van der Waals surface area contributed by atoms with Gasteiger partial charge < -0.3 is 14.6 Å². The second kappa shape index (κ2) is 7.69. The molecule has 0 spiro atoms. The van der Waals surface area contributed by atoms with Gasteiger partial charge in [-0.2, -0.15) is 0 Å². The minimum atomic E-state index is -0.353. The van der Waals surface area contributed by atoms with E-state index in [2.05, 4.69) is 15.9 Å². The van der Waals surface area contributed by atoms with Gasteiger partial charge in [0.05, 0.1) is 13.2 Å². The Morgan fingerprint density at radius 3 is 2.76 bits per heavy atom. The zero-order valence-corrected chi connectivity index (χ0v) is 11.9. The van der Waals surface area contributed by atoms with Gasteiger partial charge in [0.25, 0.3) is 0 Å². The van der Waals surface area contributed by atoms with Crippen LogP contribution in [0.5, 0.6) is 5.75 Å². The fourth-order valence-electron chi connectivity index (χ4n) is 1.73. The Labute approximate surface area is 111 Å². The SMILES string of the molecule is COCCCC(O)Cc1cc(Br)ccc1OC. The average Bonchev–Trinajstić information content (AvgIpc) is 2.29. The highest BCUT2D eigenvalue weighted by Crippen LogP contribution is 2.24. The molecule has 1 atom stereocenters. The van der Waals surface area contributed by atoms with E-state index < -0.39 is 0 Å². The third-order valence-corrected chi connectivity index (χ3v) is 3.08. The zero-order valence-electron chi connectivity index (χ0n) is 10.3. The van der Waals surface area contributed by atoms with Gasteiger partial charge >= 0.3 is 0 Å². The van der Waals surface area contributed by atoms with E-state index in [9.17, 15) is 5.11 Å². The van der Waals surface area contributed by atoms with Crippen LogP contribution < -0.4 is 4.74 Å². The lowest BCUT2D eigenvalue weighted by Crippen LogP contribution is -2.12. The average molecular weight is 303 g/mol. The Hall–Kier alpha value is -0.580. The highest BCUT2D eigenvalue weighted by Gasteiger charge is 2.10. The molecule has 1 rings (SSSR count). The number of rotatable bonds is 7. The predicted molar refractivity (Wildman–Crippen MR) is 71.5 cm³/mol. The quantitative estimate of drug-likeness (QED) is 0.787. The molecule has 0 aliphatic heterocycles. The van der Waals surface area contributed by atoms with E-state index in [0.29, 0.717) is 13.0 Å². The van der Waals surface area contributed by atoms with Gasteiger partial charge in [0.1, 0.15) is 5.75 Å². The first kappa shape index (κ1) is 14.5. The number of hydrogen-bond acceptors (Lipinski definition) is 3. The van der Waals surface area contributed by atoms with Gasteiger partial charge in [0.2, 0.25) is 0 Å². The number of benzene rings is 1. The third kappa shape index (κ3) is 5.06. The van der Waals surface area contributed by atoms with Crippen LogP contribution in [-0.2, 0) is 11.2 Å². The van der Waals surface area contributed by atoms with Crippen molar-refractivity contribution in [2.24, 2.45) is 0 Å². The molecule has 1 aromatic rings. The Kier molecular flexibility index (Phi) is 6.55. The van der Waals surface area contributed by atoms with Gasteiger partial charge in [-0.15, -0.1) is 0 Å². The van der Waals surface area contributed by atoms with Gasteiger partial charge in [0, 0.05) is 24.6 Å². The number of methoxy groups -OCH3 is 2. The van der Waals surface area contributed by atoms with Gasteiger partial charge in [-0.1, -0.05) is 15.9 Å². The fourth-order valence-corrected chi connectivity index (χ4v) is 2.13.